The maximum absolute atomic E-state index is 11.6. The van der Waals surface area contributed by atoms with Crippen LogP contribution in [0.1, 0.15) is 73.3 Å². The van der Waals surface area contributed by atoms with E-state index < -0.39 is 18.2 Å². The lowest BCUT2D eigenvalue weighted by Crippen LogP contribution is -2.38. The average molecular weight is 1170 g/mol. The van der Waals surface area contributed by atoms with Crippen molar-refractivity contribution in [1.29, 1.82) is 0 Å². The molecule has 9 aromatic rings. The first kappa shape index (κ1) is 64.3. The molecule has 0 fully saturated rings. The summed E-state index contributed by atoms with van der Waals surface area (Å²) in [6, 6.07) is 52.0. The molecule has 7 aromatic carbocycles. The fourth-order valence-corrected chi connectivity index (χ4v) is 8.76. The van der Waals surface area contributed by atoms with E-state index in [9.17, 15) is 34.8 Å². The van der Waals surface area contributed by atoms with Crippen LogP contribution in [0.15, 0.2) is 186 Å². The SMILES string of the molecule is CC(C)(N)COc1ccc(Nc2ccc(CCNC[C@H](O)c3ccc(O)c4[nH]c(=O)ccc34)cc2)cc1.CC(C)(N)COc1ccc(Nc2ccc(CCNC[C@H](O)c3ccc(O)c4[nH]c(=O)ccc34)cc2)cc1.Cc1ccc(C=CC(=O)O)cc1. The van der Waals surface area contributed by atoms with Gasteiger partial charge in [0.15, 0.2) is 0 Å². The van der Waals surface area contributed by atoms with E-state index in [-0.39, 0.29) is 33.7 Å². The number of phenolic OH excluding ortho intramolecular Hbond substituents is 2. The molecule has 0 spiro atoms. The van der Waals surface area contributed by atoms with Gasteiger partial charge >= 0.3 is 5.97 Å². The lowest BCUT2D eigenvalue weighted by atomic mass is 10.0. The largest absolute Gasteiger partial charge is 0.506 e. The lowest BCUT2D eigenvalue weighted by molar-refractivity contribution is -0.131. The number of aromatic hydroxyl groups is 2. The maximum atomic E-state index is 11.6. The van der Waals surface area contributed by atoms with Crippen LogP contribution in [0.4, 0.5) is 22.7 Å². The first-order valence-electron chi connectivity index (χ1n) is 28.2. The molecule has 15 N–H and O–H groups in total. The van der Waals surface area contributed by atoms with Gasteiger partial charge in [0.1, 0.15) is 36.2 Å². The number of aliphatic carboxylic acids is 1. The molecule has 86 heavy (non-hydrogen) atoms. The van der Waals surface area contributed by atoms with Gasteiger partial charge in [0, 0.05) is 75.9 Å². The third kappa shape index (κ3) is 20.8. The van der Waals surface area contributed by atoms with Gasteiger partial charge in [-0.3, -0.25) is 9.59 Å². The molecule has 2 aromatic heterocycles. The Bertz CT molecular complexity index is 3550. The highest BCUT2D eigenvalue weighted by molar-refractivity contribution is 5.88. The maximum Gasteiger partial charge on any atom is 0.328 e. The highest BCUT2D eigenvalue weighted by Gasteiger charge is 2.17. The predicted octanol–water partition coefficient (Wildman–Crippen LogP) is 10.0. The first-order valence-corrected chi connectivity index (χ1v) is 28.2. The summed E-state index contributed by atoms with van der Waals surface area (Å²) in [5.74, 6) is 0.603. The Kier molecular flexibility index (Phi) is 22.8. The number of hydrogen-bond acceptors (Lipinski definition) is 15. The van der Waals surface area contributed by atoms with E-state index in [0.717, 1.165) is 58.7 Å². The fraction of sp³-hybridized carbons (Fsp3) is 0.250. The zero-order chi connectivity index (χ0) is 61.8. The molecule has 0 saturated carbocycles. The molecule has 18 heteroatoms. The van der Waals surface area contributed by atoms with Gasteiger partial charge in [-0.15, -0.1) is 0 Å². The number of benzene rings is 7. The van der Waals surface area contributed by atoms with Crippen molar-refractivity contribution < 1.29 is 39.8 Å². The Morgan fingerprint density at radius 3 is 1.27 bits per heavy atom. The van der Waals surface area contributed by atoms with Gasteiger partial charge in [-0.25, -0.2) is 4.79 Å². The number of nitrogens with one attached hydrogen (secondary N) is 6. The van der Waals surface area contributed by atoms with Crippen LogP contribution >= 0.6 is 0 Å². The molecule has 450 valence electrons. The summed E-state index contributed by atoms with van der Waals surface area (Å²) in [5, 5.41) is 64.3. The number of hydrogen-bond donors (Lipinski definition) is 13. The normalized spacial score (nSPS) is 12.2. The predicted molar refractivity (Wildman–Crippen MR) is 343 cm³/mol. The van der Waals surface area contributed by atoms with Crippen LogP contribution < -0.4 is 53.3 Å². The Morgan fingerprint density at radius 1 is 0.535 bits per heavy atom. The minimum absolute atomic E-state index is 0.0211. The van der Waals surface area contributed by atoms with Gasteiger partial charge in [-0.05, 0) is 192 Å². The van der Waals surface area contributed by atoms with Crippen LogP contribution in [-0.2, 0) is 17.6 Å². The number of aromatic amines is 2. The summed E-state index contributed by atoms with van der Waals surface area (Å²) >= 11 is 0. The molecule has 2 heterocycles. The second kappa shape index (κ2) is 30.5. The van der Waals surface area contributed by atoms with Crippen LogP contribution in [-0.4, -0.2) is 91.9 Å². The molecule has 18 nitrogen and oxygen atoms in total. The monoisotopic (exact) mass is 1170 g/mol. The summed E-state index contributed by atoms with van der Waals surface area (Å²) < 4.78 is 11.4. The molecular formula is C68H78N8O10. The van der Waals surface area contributed by atoms with Gasteiger partial charge in [0.05, 0.1) is 23.2 Å². The molecule has 0 saturated heterocycles. The number of ether oxygens (including phenoxy) is 2. The number of fused-ring (bicyclic) bond motifs is 2. The quantitative estimate of drug-likeness (QED) is 0.0198. The minimum atomic E-state index is -0.921. The van der Waals surface area contributed by atoms with E-state index >= 15 is 0 Å². The number of carboxylic acids is 1. The van der Waals surface area contributed by atoms with E-state index in [1.807, 2.05) is 132 Å². The van der Waals surface area contributed by atoms with Gasteiger partial charge in [0.2, 0.25) is 11.1 Å². The Labute approximate surface area is 500 Å². The van der Waals surface area contributed by atoms with Crippen molar-refractivity contribution in [3.05, 3.63) is 230 Å². The Balaban J connectivity index is 0.000000206. The van der Waals surface area contributed by atoms with E-state index in [2.05, 4.69) is 55.5 Å². The topological polar surface area (TPSA) is 303 Å². The van der Waals surface area contributed by atoms with Crippen molar-refractivity contribution in [2.45, 2.75) is 70.7 Å². The Morgan fingerprint density at radius 2 is 0.907 bits per heavy atom. The van der Waals surface area contributed by atoms with Crippen LogP contribution in [0.25, 0.3) is 27.9 Å². The molecule has 0 aliphatic heterocycles. The number of anilines is 4. The van der Waals surface area contributed by atoms with Crippen LogP contribution in [0, 0.1) is 6.92 Å². The van der Waals surface area contributed by atoms with Gasteiger partial charge < -0.3 is 77.7 Å². The molecule has 0 radical (unpaired) electrons. The zero-order valence-electron chi connectivity index (χ0n) is 49.1. The minimum Gasteiger partial charge on any atom is -0.506 e. The summed E-state index contributed by atoms with van der Waals surface area (Å²) in [6.07, 6.45) is 2.76. The van der Waals surface area contributed by atoms with Crippen molar-refractivity contribution in [3.8, 4) is 23.0 Å². The summed E-state index contributed by atoms with van der Waals surface area (Å²) in [6.45, 7) is 12.7. The number of rotatable bonds is 24. The van der Waals surface area contributed by atoms with Crippen molar-refractivity contribution in [2.24, 2.45) is 11.5 Å². The van der Waals surface area contributed by atoms with E-state index in [1.54, 1.807) is 30.3 Å². The molecule has 0 bridgehead atoms. The molecule has 2 atom stereocenters. The zero-order valence-corrected chi connectivity index (χ0v) is 49.1. The molecule has 0 aliphatic carbocycles. The van der Waals surface area contributed by atoms with E-state index in [1.165, 1.54) is 41.0 Å². The summed E-state index contributed by atoms with van der Waals surface area (Å²) in [4.78, 5) is 38.6. The van der Waals surface area contributed by atoms with Crippen molar-refractivity contribution >= 4 is 56.6 Å². The van der Waals surface area contributed by atoms with Crippen LogP contribution in [0.3, 0.4) is 0 Å². The number of aliphatic hydroxyl groups is 2. The van der Waals surface area contributed by atoms with Gasteiger partial charge in [-0.2, -0.15) is 0 Å². The average Bonchev–Trinajstić information content (AvgIpc) is 2.89. The Hall–Kier alpha value is -9.27. The standard InChI is InChI=1S/2C29H34N4O4.C10H10O2/c2*1-29(2,30)18-37-22-9-7-21(8-10-22)32-20-5-3-19(4-6-20)15-16-31-17-26(35)23-11-13-25(34)28-24(23)12-14-27(36)33-28;1-8-2-4-9(5-3-8)6-7-10(11)12/h2*3-14,26,31-32,34-35H,15-18,30H2,1-2H3,(H,33,36);2-7H,1H3,(H,11,12)/t2*26-;/m00./s1. The third-order valence-electron chi connectivity index (χ3n) is 13.3. The summed E-state index contributed by atoms with van der Waals surface area (Å²) in [5.41, 5.74) is 20.9. The van der Waals surface area contributed by atoms with Gasteiger partial charge in [0.25, 0.3) is 0 Å². The van der Waals surface area contributed by atoms with Crippen molar-refractivity contribution in [2.75, 3.05) is 50.0 Å². The van der Waals surface area contributed by atoms with Gasteiger partial charge in [-0.1, -0.05) is 66.2 Å². The number of aryl methyl sites for hydroxylation is 1. The number of nitrogens with two attached hydrogens (primary N) is 2. The molecule has 0 amide bonds. The number of phenols is 2. The number of pyridine rings is 2. The van der Waals surface area contributed by atoms with E-state index in [0.29, 0.717) is 72.3 Å². The molecule has 0 unspecified atom stereocenters. The fourth-order valence-electron chi connectivity index (χ4n) is 8.76. The van der Waals surface area contributed by atoms with Crippen LogP contribution in [0.2, 0.25) is 0 Å². The molecule has 0 aliphatic rings. The molecular weight excluding hydrogens is 1090 g/mol. The number of carbonyl (C=O) groups is 1. The number of aromatic nitrogens is 2. The lowest BCUT2D eigenvalue weighted by Gasteiger charge is -2.19. The first-order chi connectivity index (χ1) is 41.0. The van der Waals surface area contributed by atoms with Crippen molar-refractivity contribution in [3.63, 3.8) is 0 Å². The third-order valence-corrected chi connectivity index (χ3v) is 13.3. The second-order valence-corrected chi connectivity index (χ2v) is 22.3. The van der Waals surface area contributed by atoms with Crippen molar-refractivity contribution in [1.82, 2.24) is 20.6 Å². The highest BCUT2D eigenvalue weighted by Crippen LogP contribution is 2.30. The number of H-pyrrole nitrogens is 2. The second-order valence-electron chi connectivity index (χ2n) is 22.3. The highest BCUT2D eigenvalue weighted by atomic mass is 16.5. The number of carboxylic acid groups (broad SMARTS) is 1. The van der Waals surface area contributed by atoms with E-state index in [4.69, 9.17) is 26.0 Å². The van der Waals surface area contributed by atoms with Crippen LogP contribution in [0.5, 0.6) is 23.0 Å². The smallest absolute Gasteiger partial charge is 0.328 e. The molecule has 9 rings (SSSR count). The number of aliphatic hydroxyl groups excluding tert-OH is 2. The summed E-state index contributed by atoms with van der Waals surface area (Å²) in [7, 11) is 0.